The van der Waals surface area contributed by atoms with Crippen molar-refractivity contribution in [3.8, 4) is 33.6 Å². The minimum absolute atomic E-state index is 0.739. The Morgan fingerprint density at radius 3 is 1.81 bits per heavy atom. The molecular formula is C29H19ClN2. The summed E-state index contributed by atoms with van der Waals surface area (Å²) in [6, 6.07) is 39.5. The molecule has 0 N–H and O–H groups in total. The summed E-state index contributed by atoms with van der Waals surface area (Å²) in [5.41, 5.74) is 7.47. The van der Waals surface area contributed by atoms with Crippen molar-refractivity contribution in [1.29, 1.82) is 0 Å². The van der Waals surface area contributed by atoms with Crippen molar-refractivity contribution >= 4 is 27.9 Å². The van der Waals surface area contributed by atoms with Crippen LogP contribution in [0.4, 0.5) is 0 Å². The number of fused-ring (bicyclic) bond motifs is 3. The SMILES string of the molecule is Clc1cccc2c1cc(-c1ccccc1)n1nc(-c3ccccc3)c(-c3ccccc3)c21. The molecule has 0 atom stereocenters. The Labute approximate surface area is 191 Å². The van der Waals surface area contributed by atoms with Crippen LogP contribution in [0.2, 0.25) is 5.02 Å². The fraction of sp³-hybridized carbons (Fsp3) is 0. The zero-order valence-electron chi connectivity index (χ0n) is 17.2. The first-order valence-corrected chi connectivity index (χ1v) is 11.0. The fourth-order valence-corrected chi connectivity index (χ4v) is 4.65. The van der Waals surface area contributed by atoms with Crippen LogP contribution in [0.25, 0.3) is 49.9 Å². The first-order valence-electron chi connectivity index (χ1n) is 10.6. The van der Waals surface area contributed by atoms with E-state index in [2.05, 4.69) is 89.4 Å². The van der Waals surface area contributed by atoms with Gasteiger partial charge in [0, 0.05) is 32.5 Å². The number of pyridine rings is 1. The standard InChI is InChI=1S/C29H19ClN2/c30-25-18-10-17-23-24(25)19-26(20-11-4-1-5-12-20)32-29(23)27(21-13-6-2-7-14-21)28(31-32)22-15-8-3-9-16-22/h1-19H. The lowest BCUT2D eigenvalue weighted by molar-refractivity contribution is 0.979. The fourth-order valence-electron chi connectivity index (χ4n) is 4.42. The van der Waals surface area contributed by atoms with Crippen molar-refractivity contribution in [2.45, 2.75) is 0 Å². The van der Waals surface area contributed by atoms with Crippen molar-refractivity contribution in [3.05, 3.63) is 120 Å². The molecule has 0 bridgehead atoms. The van der Waals surface area contributed by atoms with Gasteiger partial charge in [0.2, 0.25) is 0 Å². The topological polar surface area (TPSA) is 17.3 Å². The van der Waals surface area contributed by atoms with Crippen LogP contribution in [0.5, 0.6) is 0 Å². The summed E-state index contributed by atoms with van der Waals surface area (Å²) >= 11 is 6.71. The van der Waals surface area contributed by atoms with E-state index in [-0.39, 0.29) is 0 Å². The van der Waals surface area contributed by atoms with E-state index in [4.69, 9.17) is 16.7 Å². The zero-order valence-corrected chi connectivity index (χ0v) is 18.0. The second-order valence-electron chi connectivity index (χ2n) is 7.81. The van der Waals surface area contributed by atoms with E-state index in [0.29, 0.717) is 0 Å². The molecule has 0 aliphatic carbocycles. The minimum atomic E-state index is 0.739. The predicted molar refractivity (Wildman–Crippen MR) is 134 cm³/mol. The second-order valence-corrected chi connectivity index (χ2v) is 8.22. The molecule has 0 radical (unpaired) electrons. The smallest absolute Gasteiger partial charge is 0.101 e. The van der Waals surface area contributed by atoms with E-state index >= 15 is 0 Å². The van der Waals surface area contributed by atoms with Crippen molar-refractivity contribution in [1.82, 2.24) is 9.61 Å². The number of nitrogens with zero attached hydrogens (tertiary/aromatic N) is 2. The van der Waals surface area contributed by atoms with E-state index in [9.17, 15) is 0 Å². The highest BCUT2D eigenvalue weighted by Crippen LogP contribution is 2.41. The van der Waals surface area contributed by atoms with Gasteiger partial charge >= 0.3 is 0 Å². The highest BCUT2D eigenvalue weighted by atomic mass is 35.5. The van der Waals surface area contributed by atoms with E-state index in [1.165, 1.54) is 0 Å². The highest BCUT2D eigenvalue weighted by Gasteiger charge is 2.21. The van der Waals surface area contributed by atoms with Crippen LogP contribution in [0.15, 0.2) is 115 Å². The van der Waals surface area contributed by atoms with Gasteiger partial charge in [0.25, 0.3) is 0 Å². The minimum Gasteiger partial charge on any atom is -0.231 e. The molecule has 0 fully saturated rings. The summed E-state index contributed by atoms with van der Waals surface area (Å²) in [6.45, 7) is 0. The summed E-state index contributed by atoms with van der Waals surface area (Å²) in [5, 5.41) is 8.04. The maximum atomic E-state index is 6.71. The summed E-state index contributed by atoms with van der Waals surface area (Å²) in [4.78, 5) is 0. The lowest BCUT2D eigenvalue weighted by atomic mass is 9.97. The molecule has 0 amide bonds. The molecule has 3 heteroatoms. The summed E-state index contributed by atoms with van der Waals surface area (Å²) in [6.07, 6.45) is 0. The predicted octanol–water partition coefficient (Wildman–Crippen LogP) is 8.14. The molecule has 0 unspecified atom stereocenters. The molecule has 152 valence electrons. The number of hydrogen-bond acceptors (Lipinski definition) is 1. The van der Waals surface area contributed by atoms with Gasteiger partial charge in [0.1, 0.15) is 5.69 Å². The first-order chi connectivity index (χ1) is 15.8. The lowest BCUT2D eigenvalue weighted by Crippen LogP contribution is -1.96. The number of rotatable bonds is 3. The molecule has 0 spiro atoms. The molecule has 4 aromatic carbocycles. The Balaban J connectivity index is 1.85. The van der Waals surface area contributed by atoms with Gasteiger partial charge in [0.05, 0.1) is 11.2 Å². The van der Waals surface area contributed by atoms with Crippen molar-refractivity contribution in [2.24, 2.45) is 0 Å². The Hall–Kier alpha value is -3.88. The van der Waals surface area contributed by atoms with Crippen LogP contribution < -0.4 is 0 Å². The molecule has 0 aliphatic heterocycles. The molecule has 2 aromatic heterocycles. The van der Waals surface area contributed by atoms with Gasteiger partial charge in [-0.15, -0.1) is 0 Å². The molecule has 2 nitrogen and oxygen atoms in total. The molecule has 0 saturated heterocycles. The van der Waals surface area contributed by atoms with Crippen molar-refractivity contribution in [3.63, 3.8) is 0 Å². The molecule has 0 saturated carbocycles. The maximum absolute atomic E-state index is 6.71. The Morgan fingerprint density at radius 1 is 0.562 bits per heavy atom. The van der Waals surface area contributed by atoms with Crippen LogP contribution in [0, 0.1) is 0 Å². The van der Waals surface area contributed by atoms with Gasteiger partial charge in [0.15, 0.2) is 0 Å². The molecule has 2 heterocycles. The largest absolute Gasteiger partial charge is 0.231 e. The van der Waals surface area contributed by atoms with Crippen molar-refractivity contribution < 1.29 is 0 Å². The van der Waals surface area contributed by atoms with E-state index in [0.717, 1.165) is 55.0 Å². The molecular weight excluding hydrogens is 412 g/mol. The number of halogens is 1. The van der Waals surface area contributed by atoms with Crippen LogP contribution in [0.3, 0.4) is 0 Å². The van der Waals surface area contributed by atoms with E-state index in [1.54, 1.807) is 0 Å². The third-order valence-corrected chi connectivity index (χ3v) is 6.21. The lowest BCUT2D eigenvalue weighted by Gasteiger charge is -2.11. The van der Waals surface area contributed by atoms with Crippen LogP contribution in [-0.2, 0) is 0 Å². The first kappa shape index (κ1) is 18.9. The normalized spacial score (nSPS) is 11.3. The quantitative estimate of drug-likeness (QED) is 0.277. The molecule has 32 heavy (non-hydrogen) atoms. The number of benzene rings is 4. The average molecular weight is 431 g/mol. The van der Waals surface area contributed by atoms with E-state index in [1.807, 2.05) is 30.3 Å². The Bertz CT molecular complexity index is 1550. The zero-order chi connectivity index (χ0) is 21.5. The number of hydrogen-bond donors (Lipinski definition) is 0. The number of aromatic nitrogens is 2. The molecule has 6 rings (SSSR count). The van der Waals surface area contributed by atoms with Gasteiger partial charge in [-0.1, -0.05) is 115 Å². The van der Waals surface area contributed by atoms with E-state index < -0.39 is 0 Å². The highest BCUT2D eigenvalue weighted by molar-refractivity contribution is 6.36. The van der Waals surface area contributed by atoms with Crippen LogP contribution in [0.1, 0.15) is 0 Å². The Morgan fingerprint density at radius 2 is 1.16 bits per heavy atom. The third kappa shape index (κ3) is 3.00. The van der Waals surface area contributed by atoms with Crippen LogP contribution in [-0.4, -0.2) is 9.61 Å². The van der Waals surface area contributed by atoms with Crippen LogP contribution >= 0.6 is 11.6 Å². The average Bonchev–Trinajstić information content (AvgIpc) is 3.26. The monoisotopic (exact) mass is 430 g/mol. The molecule has 6 aromatic rings. The van der Waals surface area contributed by atoms with Gasteiger partial charge in [-0.3, -0.25) is 0 Å². The Kier molecular flexibility index (Phi) is 4.52. The maximum Gasteiger partial charge on any atom is 0.101 e. The van der Waals surface area contributed by atoms with Gasteiger partial charge in [-0.2, -0.15) is 5.10 Å². The second kappa shape index (κ2) is 7.67. The summed E-state index contributed by atoms with van der Waals surface area (Å²) in [7, 11) is 0. The van der Waals surface area contributed by atoms with Gasteiger partial charge in [-0.25, -0.2) is 4.52 Å². The van der Waals surface area contributed by atoms with Crippen molar-refractivity contribution in [2.75, 3.05) is 0 Å². The summed E-state index contributed by atoms with van der Waals surface area (Å²) < 4.78 is 2.08. The molecule has 0 aliphatic rings. The van der Waals surface area contributed by atoms with Gasteiger partial charge < -0.3 is 0 Å². The third-order valence-electron chi connectivity index (χ3n) is 5.88. The summed E-state index contributed by atoms with van der Waals surface area (Å²) in [5.74, 6) is 0. The van der Waals surface area contributed by atoms with Gasteiger partial charge in [-0.05, 0) is 17.7 Å².